The van der Waals surface area contributed by atoms with Crippen molar-refractivity contribution in [3.63, 3.8) is 0 Å². The standard InChI is InChI=1S/C10H9Cl2NO3/c1-2-7(14)13-9-5(10(15)16)3-4-6(11)8(9)12/h3-4H,2H2,1H3,(H,13,14)(H,15,16). The van der Waals surface area contributed by atoms with Gasteiger partial charge in [0, 0.05) is 6.42 Å². The number of hydrogen-bond donors (Lipinski definition) is 2. The Bertz CT molecular complexity index is 446. The first-order valence-electron chi connectivity index (χ1n) is 4.48. The number of rotatable bonds is 3. The van der Waals surface area contributed by atoms with E-state index in [4.69, 9.17) is 28.3 Å². The topological polar surface area (TPSA) is 66.4 Å². The molecular formula is C10H9Cl2NO3. The van der Waals surface area contributed by atoms with Gasteiger partial charge in [-0.3, -0.25) is 4.79 Å². The number of halogens is 2. The number of carbonyl (C=O) groups excluding carboxylic acids is 1. The Kier molecular flexibility index (Phi) is 4.15. The van der Waals surface area contributed by atoms with Gasteiger partial charge in [-0.05, 0) is 12.1 Å². The van der Waals surface area contributed by atoms with Crippen LogP contribution in [0, 0.1) is 0 Å². The number of aromatic carboxylic acids is 1. The molecule has 0 aliphatic rings. The summed E-state index contributed by atoms with van der Waals surface area (Å²) in [5, 5.41) is 11.6. The third-order valence-electron chi connectivity index (χ3n) is 1.91. The summed E-state index contributed by atoms with van der Waals surface area (Å²) >= 11 is 11.6. The van der Waals surface area contributed by atoms with Gasteiger partial charge in [-0.15, -0.1) is 0 Å². The summed E-state index contributed by atoms with van der Waals surface area (Å²) in [5.41, 5.74) is -0.0512. The van der Waals surface area contributed by atoms with Crippen LogP contribution in [0.15, 0.2) is 12.1 Å². The largest absolute Gasteiger partial charge is 0.478 e. The molecule has 6 heteroatoms. The van der Waals surface area contributed by atoms with E-state index in [1.165, 1.54) is 12.1 Å². The minimum absolute atomic E-state index is 0.0309. The first-order valence-corrected chi connectivity index (χ1v) is 5.24. The lowest BCUT2D eigenvalue weighted by Gasteiger charge is -2.10. The Balaban J connectivity index is 3.26. The molecule has 16 heavy (non-hydrogen) atoms. The molecule has 1 amide bonds. The molecular weight excluding hydrogens is 253 g/mol. The van der Waals surface area contributed by atoms with E-state index in [1.54, 1.807) is 6.92 Å². The molecule has 0 bridgehead atoms. The molecule has 0 aliphatic heterocycles. The van der Waals surface area contributed by atoms with Crippen molar-refractivity contribution in [2.24, 2.45) is 0 Å². The molecule has 0 spiro atoms. The van der Waals surface area contributed by atoms with Crippen LogP contribution in [0.25, 0.3) is 0 Å². The van der Waals surface area contributed by atoms with Gasteiger partial charge < -0.3 is 10.4 Å². The Morgan fingerprint density at radius 1 is 1.38 bits per heavy atom. The van der Waals surface area contributed by atoms with Crippen molar-refractivity contribution in [2.45, 2.75) is 13.3 Å². The molecule has 0 heterocycles. The van der Waals surface area contributed by atoms with Crippen LogP contribution in [0.4, 0.5) is 5.69 Å². The molecule has 1 aromatic carbocycles. The summed E-state index contributed by atoms with van der Waals surface area (Å²) in [6, 6.07) is 2.66. The van der Waals surface area contributed by atoms with Crippen LogP contribution in [-0.2, 0) is 4.79 Å². The maximum absolute atomic E-state index is 11.2. The fraction of sp³-hybridized carbons (Fsp3) is 0.200. The van der Waals surface area contributed by atoms with Gasteiger partial charge >= 0.3 is 5.97 Å². The molecule has 0 atom stereocenters. The summed E-state index contributed by atoms with van der Waals surface area (Å²) < 4.78 is 0. The summed E-state index contributed by atoms with van der Waals surface area (Å²) in [7, 11) is 0. The van der Waals surface area contributed by atoms with Crippen LogP contribution >= 0.6 is 23.2 Å². The van der Waals surface area contributed by atoms with Crippen LogP contribution in [0.2, 0.25) is 10.0 Å². The summed E-state index contributed by atoms with van der Waals surface area (Å²) in [6.07, 6.45) is 0.224. The smallest absolute Gasteiger partial charge is 0.337 e. The fourth-order valence-corrected chi connectivity index (χ4v) is 1.45. The maximum Gasteiger partial charge on any atom is 0.337 e. The molecule has 0 saturated heterocycles. The highest BCUT2D eigenvalue weighted by Gasteiger charge is 2.17. The second kappa shape index (κ2) is 5.18. The van der Waals surface area contributed by atoms with Gasteiger partial charge in [-0.25, -0.2) is 4.79 Å². The summed E-state index contributed by atoms with van der Waals surface area (Å²) in [5.74, 6) is -1.50. The minimum Gasteiger partial charge on any atom is -0.478 e. The molecule has 0 aliphatic carbocycles. The number of carbonyl (C=O) groups is 2. The van der Waals surface area contributed by atoms with E-state index < -0.39 is 5.97 Å². The predicted molar refractivity (Wildman–Crippen MR) is 62.3 cm³/mol. The Hall–Kier alpha value is -1.26. The van der Waals surface area contributed by atoms with Gasteiger partial charge in [0.15, 0.2) is 0 Å². The van der Waals surface area contributed by atoms with Gasteiger partial charge in [0.05, 0.1) is 21.3 Å². The predicted octanol–water partition coefficient (Wildman–Crippen LogP) is 3.04. The van der Waals surface area contributed by atoms with E-state index in [9.17, 15) is 9.59 Å². The first-order chi connectivity index (χ1) is 7.47. The van der Waals surface area contributed by atoms with Crippen molar-refractivity contribution in [3.8, 4) is 0 Å². The highest BCUT2D eigenvalue weighted by atomic mass is 35.5. The zero-order valence-corrected chi connectivity index (χ0v) is 9.89. The minimum atomic E-state index is -1.18. The van der Waals surface area contributed by atoms with Gasteiger partial charge in [0.25, 0.3) is 0 Å². The normalized spacial score (nSPS) is 9.94. The van der Waals surface area contributed by atoms with E-state index in [2.05, 4.69) is 5.32 Å². The average molecular weight is 262 g/mol. The Morgan fingerprint density at radius 2 is 2.00 bits per heavy atom. The van der Waals surface area contributed by atoms with Crippen molar-refractivity contribution in [1.29, 1.82) is 0 Å². The molecule has 2 N–H and O–H groups in total. The molecule has 1 rings (SSSR count). The highest BCUT2D eigenvalue weighted by Crippen LogP contribution is 2.33. The molecule has 0 unspecified atom stereocenters. The van der Waals surface area contributed by atoms with Crippen molar-refractivity contribution in [1.82, 2.24) is 0 Å². The quantitative estimate of drug-likeness (QED) is 0.879. The second-order valence-corrected chi connectivity index (χ2v) is 3.78. The van der Waals surface area contributed by atoms with Gasteiger partial charge in [0.1, 0.15) is 0 Å². The van der Waals surface area contributed by atoms with Crippen LogP contribution in [0.3, 0.4) is 0 Å². The number of amides is 1. The summed E-state index contributed by atoms with van der Waals surface area (Å²) in [6.45, 7) is 1.65. The number of anilines is 1. The number of benzene rings is 1. The SMILES string of the molecule is CCC(=O)Nc1c(C(=O)O)ccc(Cl)c1Cl. The van der Waals surface area contributed by atoms with E-state index in [-0.39, 0.29) is 33.6 Å². The lowest BCUT2D eigenvalue weighted by atomic mass is 10.1. The zero-order chi connectivity index (χ0) is 12.3. The maximum atomic E-state index is 11.2. The molecule has 1 aromatic rings. The molecule has 0 saturated carbocycles. The van der Waals surface area contributed by atoms with E-state index >= 15 is 0 Å². The van der Waals surface area contributed by atoms with E-state index in [0.717, 1.165) is 0 Å². The van der Waals surface area contributed by atoms with E-state index in [1.807, 2.05) is 0 Å². The third kappa shape index (κ3) is 2.65. The Labute approximate surface area is 102 Å². The van der Waals surface area contributed by atoms with Crippen molar-refractivity contribution in [3.05, 3.63) is 27.7 Å². The van der Waals surface area contributed by atoms with Crippen LogP contribution in [0.5, 0.6) is 0 Å². The molecule has 0 aromatic heterocycles. The number of carboxylic acid groups (broad SMARTS) is 1. The van der Waals surface area contributed by atoms with Gasteiger partial charge in [-0.2, -0.15) is 0 Å². The summed E-state index contributed by atoms with van der Waals surface area (Å²) in [4.78, 5) is 22.1. The lowest BCUT2D eigenvalue weighted by molar-refractivity contribution is -0.115. The molecule has 86 valence electrons. The number of carboxylic acids is 1. The second-order valence-electron chi connectivity index (χ2n) is 2.99. The van der Waals surface area contributed by atoms with Crippen molar-refractivity contribution >= 4 is 40.8 Å². The monoisotopic (exact) mass is 261 g/mol. The van der Waals surface area contributed by atoms with Gasteiger partial charge in [-0.1, -0.05) is 30.1 Å². The zero-order valence-electron chi connectivity index (χ0n) is 8.38. The fourth-order valence-electron chi connectivity index (χ4n) is 1.08. The Morgan fingerprint density at radius 3 is 2.50 bits per heavy atom. The van der Waals surface area contributed by atoms with Crippen LogP contribution < -0.4 is 5.32 Å². The molecule has 0 fully saturated rings. The van der Waals surface area contributed by atoms with Crippen LogP contribution in [0.1, 0.15) is 23.7 Å². The van der Waals surface area contributed by atoms with Crippen molar-refractivity contribution in [2.75, 3.05) is 5.32 Å². The molecule has 0 radical (unpaired) electrons. The average Bonchev–Trinajstić information content (AvgIpc) is 2.24. The van der Waals surface area contributed by atoms with Crippen molar-refractivity contribution < 1.29 is 14.7 Å². The third-order valence-corrected chi connectivity index (χ3v) is 2.72. The lowest BCUT2D eigenvalue weighted by Crippen LogP contribution is -2.13. The molecule has 4 nitrogen and oxygen atoms in total. The van der Waals surface area contributed by atoms with E-state index in [0.29, 0.717) is 0 Å². The number of nitrogens with one attached hydrogen (secondary N) is 1. The highest BCUT2D eigenvalue weighted by molar-refractivity contribution is 6.44. The van der Waals surface area contributed by atoms with Gasteiger partial charge in [0.2, 0.25) is 5.91 Å². The number of hydrogen-bond acceptors (Lipinski definition) is 2. The first kappa shape index (κ1) is 12.8. The van der Waals surface area contributed by atoms with Crippen LogP contribution in [-0.4, -0.2) is 17.0 Å².